The average molecular weight is 300 g/mol. The zero-order chi connectivity index (χ0) is 15.4. The summed E-state index contributed by atoms with van der Waals surface area (Å²) in [6.07, 6.45) is 0.579. The summed E-state index contributed by atoms with van der Waals surface area (Å²) in [4.78, 5) is 14.7. The van der Waals surface area contributed by atoms with Crippen molar-refractivity contribution in [2.24, 2.45) is 16.9 Å². The molecule has 2 aliphatic heterocycles. The summed E-state index contributed by atoms with van der Waals surface area (Å²) < 4.78 is 10.9. The van der Waals surface area contributed by atoms with Crippen LogP contribution in [0.4, 0.5) is 0 Å². The van der Waals surface area contributed by atoms with Gasteiger partial charge in [-0.2, -0.15) is 0 Å². The molecule has 3 unspecified atom stereocenters. The Kier molecular flexibility index (Phi) is 5.35. The molecule has 2 fully saturated rings. The van der Waals surface area contributed by atoms with Gasteiger partial charge in [-0.25, -0.2) is 10.1 Å². The van der Waals surface area contributed by atoms with Crippen molar-refractivity contribution in [1.82, 2.24) is 9.80 Å². The van der Waals surface area contributed by atoms with Gasteiger partial charge in [0, 0.05) is 39.3 Å². The number of nitro groups is 1. The van der Waals surface area contributed by atoms with E-state index in [4.69, 9.17) is 9.47 Å². The molecule has 2 saturated heterocycles. The maximum absolute atomic E-state index is 10.8. The SMILES string of the molecule is CCC(OC)N1CCN(CC2COCC2C)C1=N[N+](=O)[O-]. The molecule has 0 amide bonds. The highest BCUT2D eigenvalue weighted by molar-refractivity contribution is 5.81. The largest absolute Gasteiger partial charge is 0.381 e. The van der Waals surface area contributed by atoms with Gasteiger partial charge in [-0.1, -0.05) is 13.8 Å². The summed E-state index contributed by atoms with van der Waals surface area (Å²) >= 11 is 0. The number of guanidine groups is 1. The van der Waals surface area contributed by atoms with Gasteiger partial charge in [0.05, 0.1) is 6.61 Å². The molecule has 21 heavy (non-hydrogen) atoms. The molecule has 0 saturated carbocycles. The first-order valence-electron chi connectivity index (χ1n) is 7.41. The normalized spacial score (nSPS) is 29.4. The minimum absolute atomic E-state index is 0.175. The third kappa shape index (κ3) is 3.62. The predicted octanol–water partition coefficient (Wildman–Crippen LogP) is 0.817. The van der Waals surface area contributed by atoms with E-state index in [1.807, 2.05) is 16.7 Å². The average Bonchev–Trinajstić information content (AvgIpc) is 3.01. The lowest BCUT2D eigenvalue weighted by Gasteiger charge is -2.28. The third-order valence-corrected chi connectivity index (χ3v) is 4.26. The van der Waals surface area contributed by atoms with Crippen LogP contribution in [0.1, 0.15) is 20.3 Å². The molecule has 0 aromatic carbocycles. The molecule has 0 aromatic heterocycles. The summed E-state index contributed by atoms with van der Waals surface area (Å²) in [7, 11) is 1.62. The summed E-state index contributed by atoms with van der Waals surface area (Å²) in [5.41, 5.74) is 0. The number of ether oxygens (including phenoxy) is 2. The summed E-state index contributed by atoms with van der Waals surface area (Å²) in [6, 6.07) is 0. The minimum atomic E-state index is -0.627. The number of hydrogen-bond donors (Lipinski definition) is 0. The van der Waals surface area contributed by atoms with Gasteiger partial charge in [-0.15, -0.1) is 0 Å². The van der Waals surface area contributed by atoms with Crippen LogP contribution in [0.5, 0.6) is 0 Å². The van der Waals surface area contributed by atoms with E-state index in [2.05, 4.69) is 12.0 Å². The van der Waals surface area contributed by atoms with Crippen LogP contribution >= 0.6 is 0 Å². The van der Waals surface area contributed by atoms with Crippen molar-refractivity contribution in [3.8, 4) is 0 Å². The van der Waals surface area contributed by atoms with Crippen molar-refractivity contribution in [2.45, 2.75) is 26.5 Å². The highest BCUT2D eigenvalue weighted by Gasteiger charge is 2.37. The molecule has 8 heteroatoms. The van der Waals surface area contributed by atoms with E-state index in [1.54, 1.807) is 7.11 Å². The Labute approximate surface area is 124 Å². The topological polar surface area (TPSA) is 80.4 Å². The standard InChI is InChI=1S/C13H24N4O4/c1-4-12(20-3)16-6-5-15(13(16)14-17(18)19)7-11-9-21-8-10(11)2/h10-12H,4-9H2,1-3H3. The second kappa shape index (κ2) is 7.04. The van der Waals surface area contributed by atoms with E-state index in [-0.39, 0.29) is 6.23 Å². The maximum Gasteiger partial charge on any atom is 0.276 e. The molecule has 2 rings (SSSR count). The number of rotatable bonds is 6. The minimum Gasteiger partial charge on any atom is -0.381 e. The van der Waals surface area contributed by atoms with Crippen molar-refractivity contribution in [1.29, 1.82) is 0 Å². The second-order valence-electron chi connectivity index (χ2n) is 5.65. The van der Waals surface area contributed by atoms with Crippen molar-refractivity contribution in [3.63, 3.8) is 0 Å². The maximum atomic E-state index is 10.8. The van der Waals surface area contributed by atoms with Gasteiger partial charge >= 0.3 is 0 Å². The molecule has 3 atom stereocenters. The lowest BCUT2D eigenvalue weighted by molar-refractivity contribution is -0.486. The molecular weight excluding hydrogens is 276 g/mol. The monoisotopic (exact) mass is 300 g/mol. The number of nitrogens with zero attached hydrogens (tertiary/aromatic N) is 4. The van der Waals surface area contributed by atoms with Gasteiger partial charge in [0.15, 0.2) is 5.03 Å². The smallest absolute Gasteiger partial charge is 0.276 e. The first kappa shape index (κ1) is 16.0. The molecule has 0 N–H and O–H groups in total. The highest BCUT2D eigenvalue weighted by Crippen LogP contribution is 2.24. The van der Waals surface area contributed by atoms with Crippen molar-refractivity contribution >= 4 is 5.96 Å². The van der Waals surface area contributed by atoms with Gasteiger partial charge < -0.3 is 19.3 Å². The zero-order valence-corrected chi connectivity index (χ0v) is 12.9. The molecular formula is C13H24N4O4. The fourth-order valence-electron chi connectivity index (χ4n) is 2.99. The second-order valence-corrected chi connectivity index (χ2v) is 5.65. The van der Waals surface area contributed by atoms with Crippen molar-refractivity contribution < 1.29 is 14.5 Å². The van der Waals surface area contributed by atoms with Gasteiger partial charge in [-0.05, 0) is 12.3 Å². The van der Waals surface area contributed by atoms with Crippen LogP contribution in [-0.4, -0.2) is 67.0 Å². The summed E-state index contributed by atoms with van der Waals surface area (Å²) in [5, 5.41) is 13.8. The molecule has 120 valence electrons. The van der Waals surface area contributed by atoms with E-state index >= 15 is 0 Å². The Bertz CT molecular complexity index is 400. The van der Waals surface area contributed by atoms with Crippen molar-refractivity contribution in [3.05, 3.63) is 10.1 Å². The van der Waals surface area contributed by atoms with Crippen molar-refractivity contribution in [2.75, 3.05) is 40.0 Å². The number of hydrazone groups is 1. The number of methoxy groups -OCH3 is 1. The first-order valence-corrected chi connectivity index (χ1v) is 7.41. The van der Waals surface area contributed by atoms with Gasteiger partial charge in [0.25, 0.3) is 5.96 Å². The van der Waals surface area contributed by atoms with Gasteiger partial charge in [0.1, 0.15) is 11.3 Å². The molecule has 0 aliphatic carbocycles. The predicted molar refractivity (Wildman–Crippen MR) is 77.3 cm³/mol. The van der Waals surface area contributed by atoms with Crippen LogP contribution in [0.15, 0.2) is 5.10 Å². The molecule has 0 bridgehead atoms. The van der Waals surface area contributed by atoms with E-state index in [9.17, 15) is 10.1 Å². The highest BCUT2D eigenvalue weighted by atomic mass is 16.7. The zero-order valence-electron chi connectivity index (χ0n) is 12.9. The van der Waals surface area contributed by atoms with E-state index in [1.165, 1.54) is 0 Å². The Hall–Kier alpha value is -1.41. The Morgan fingerprint density at radius 2 is 2.29 bits per heavy atom. The Morgan fingerprint density at radius 3 is 2.81 bits per heavy atom. The fraction of sp³-hybridized carbons (Fsp3) is 0.923. The Morgan fingerprint density at radius 1 is 1.52 bits per heavy atom. The molecule has 2 heterocycles. The number of hydrogen-bond acceptors (Lipinski definition) is 4. The van der Waals surface area contributed by atoms with E-state index in [0.717, 1.165) is 26.1 Å². The lowest BCUT2D eigenvalue weighted by atomic mass is 9.98. The quantitative estimate of drug-likeness (QED) is 0.533. The van der Waals surface area contributed by atoms with E-state index < -0.39 is 5.03 Å². The van der Waals surface area contributed by atoms with Gasteiger partial charge in [0.2, 0.25) is 0 Å². The molecule has 0 spiro atoms. The van der Waals surface area contributed by atoms with Crippen LogP contribution in [0.25, 0.3) is 0 Å². The van der Waals surface area contributed by atoms with Crippen LogP contribution in [0, 0.1) is 22.0 Å². The third-order valence-electron chi connectivity index (χ3n) is 4.26. The summed E-state index contributed by atoms with van der Waals surface area (Å²) in [6.45, 7) is 7.79. The van der Waals surface area contributed by atoms with Crippen LogP contribution in [0.2, 0.25) is 0 Å². The molecule has 0 aromatic rings. The summed E-state index contributed by atoms with van der Waals surface area (Å²) in [5.74, 6) is 1.28. The Balaban J connectivity index is 2.12. The molecule has 0 radical (unpaired) electrons. The lowest BCUT2D eigenvalue weighted by Crippen LogP contribution is -2.43. The van der Waals surface area contributed by atoms with Crippen LogP contribution in [-0.2, 0) is 9.47 Å². The van der Waals surface area contributed by atoms with Crippen LogP contribution < -0.4 is 0 Å². The van der Waals surface area contributed by atoms with E-state index in [0.29, 0.717) is 30.9 Å². The molecule has 2 aliphatic rings. The van der Waals surface area contributed by atoms with Gasteiger partial charge in [-0.3, -0.25) is 0 Å². The first-order chi connectivity index (χ1) is 10.1. The van der Waals surface area contributed by atoms with Crippen LogP contribution in [0.3, 0.4) is 0 Å². The molecule has 8 nitrogen and oxygen atoms in total. The fourth-order valence-corrected chi connectivity index (χ4v) is 2.99.